The Morgan fingerprint density at radius 1 is 0.690 bits per heavy atom. The zero-order valence-electron chi connectivity index (χ0n) is 27.8. The van der Waals surface area contributed by atoms with Crippen molar-refractivity contribution in [3.63, 3.8) is 0 Å². The van der Waals surface area contributed by atoms with Crippen LogP contribution in [0.25, 0.3) is 0 Å². The number of rotatable bonds is 28. The van der Waals surface area contributed by atoms with Gasteiger partial charge in [0.2, 0.25) is 0 Å². The van der Waals surface area contributed by atoms with E-state index in [1.54, 1.807) is 0 Å². The van der Waals surface area contributed by atoms with E-state index in [-0.39, 0.29) is 13.2 Å². The van der Waals surface area contributed by atoms with E-state index in [4.69, 9.17) is 9.47 Å². The number of ether oxygens (including phenoxy) is 2. The van der Waals surface area contributed by atoms with E-state index in [1.165, 1.54) is 100 Å². The molecule has 0 heterocycles. The van der Waals surface area contributed by atoms with E-state index in [0.717, 1.165) is 30.8 Å². The van der Waals surface area contributed by atoms with Gasteiger partial charge >= 0.3 is 0 Å². The minimum Gasteiger partial charge on any atom is -0.492 e. The van der Waals surface area contributed by atoms with Crippen molar-refractivity contribution in [3.8, 4) is 11.5 Å². The highest BCUT2D eigenvalue weighted by atomic mass is 16.5. The van der Waals surface area contributed by atoms with Crippen LogP contribution in [0.3, 0.4) is 0 Å². The number of aryl methyl sites for hydroxylation is 1. The molecule has 1 aromatic carbocycles. The summed E-state index contributed by atoms with van der Waals surface area (Å²) < 4.78 is 12.3. The zero-order chi connectivity index (χ0) is 30.7. The lowest BCUT2D eigenvalue weighted by molar-refractivity contribution is 0.141. The van der Waals surface area contributed by atoms with Gasteiger partial charge in [-0.25, -0.2) is 0 Å². The van der Waals surface area contributed by atoms with Gasteiger partial charge in [-0.15, -0.1) is 0 Å². The van der Waals surface area contributed by atoms with Crippen LogP contribution in [-0.2, 0) is 6.42 Å². The SMILES string of the molecule is CCCCCCCCCCCCCCCc1cc(OC/C=C(\C)CCC=C(C)C)cc(OCCN(CCO)CCO)c1. The minimum absolute atomic E-state index is 0.0773. The number of nitrogens with zero attached hydrogens (tertiary/aromatic N) is 1. The molecule has 0 unspecified atom stereocenters. The van der Waals surface area contributed by atoms with Gasteiger partial charge in [-0.2, -0.15) is 0 Å². The topological polar surface area (TPSA) is 62.2 Å². The van der Waals surface area contributed by atoms with E-state index >= 15 is 0 Å². The highest BCUT2D eigenvalue weighted by Gasteiger charge is 2.07. The number of hydrogen-bond acceptors (Lipinski definition) is 5. The van der Waals surface area contributed by atoms with Crippen molar-refractivity contribution in [2.45, 2.75) is 130 Å². The molecule has 5 heteroatoms. The predicted molar refractivity (Wildman–Crippen MR) is 180 cm³/mol. The average Bonchev–Trinajstić information content (AvgIpc) is 2.95. The summed E-state index contributed by atoms with van der Waals surface area (Å²) in [4.78, 5) is 2.01. The number of benzene rings is 1. The quantitative estimate of drug-likeness (QED) is 0.0756. The smallest absolute Gasteiger partial charge is 0.123 e. The summed E-state index contributed by atoms with van der Waals surface area (Å²) in [7, 11) is 0. The van der Waals surface area contributed by atoms with Crippen LogP contribution in [-0.4, -0.2) is 61.2 Å². The van der Waals surface area contributed by atoms with Crippen molar-refractivity contribution in [2.75, 3.05) is 46.1 Å². The molecule has 0 amide bonds. The molecule has 1 rings (SSSR count). The fourth-order valence-corrected chi connectivity index (χ4v) is 5.17. The maximum atomic E-state index is 9.28. The number of allylic oxidation sites excluding steroid dienone is 3. The van der Waals surface area contributed by atoms with Crippen molar-refractivity contribution < 1.29 is 19.7 Å². The van der Waals surface area contributed by atoms with Crippen molar-refractivity contribution >= 4 is 0 Å². The van der Waals surface area contributed by atoms with Crippen LogP contribution in [0.4, 0.5) is 0 Å². The van der Waals surface area contributed by atoms with Crippen LogP contribution in [0.1, 0.15) is 130 Å². The summed E-state index contributed by atoms with van der Waals surface area (Å²) in [5, 5.41) is 18.6. The molecule has 0 aliphatic carbocycles. The van der Waals surface area contributed by atoms with E-state index in [9.17, 15) is 10.2 Å². The first-order valence-corrected chi connectivity index (χ1v) is 17.1. The fraction of sp³-hybridized carbons (Fsp3) is 0.730. The Hall–Kier alpha value is -1.82. The Morgan fingerprint density at radius 3 is 1.79 bits per heavy atom. The second-order valence-corrected chi connectivity index (χ2v) is 12.1. The lowest BCUT2D eigenvalue weighted by atomic mass is 10.0. The molecule has 0 saturated carbocycles. The molecule has 0 bridgehead atoms. The molecular formula is C37H65NO4. The van der Waals surface area contributed by atoms with E-state index in [2.05, 4.69) is 52.0 Å². The summed E-state index contributed by atoms with van der Waals surface area (Å²) in [5.41, 5.74) is 3.97. The second-order valence-electron chi connectivity index (χ2n) is 12.1. The molecule has 242 valence electrons. The predicted octanol–water partition coefficient (Wildman–Crippen LogP) is 9.06. The van der Waals surface area contributed by atoms with Gasteiger partial charge in [-0.3, -0.25) is 4.90 Å². The monoisotopic (exact) mass is 587 g/mol. The van der Waals surface area contributed by atoms with Gasteiger partial charge in [0.25, 0.3) is 0 Å². The molecule has 0 aliphatic heterocycles. The Kier molecular flexibility index (Phi) is 24.4. The summed E-state index contributed by atoms with van der Waals surface area (Å²) in [6, 6.07) is 6.31. The molecule has 42 heavy (non-hydrogen) atoms. The van der Waals surface area contributed by atoms with Crippen LogP contribution in [0.15, 0.2) is 41.5 Å². The van der Waals surface area contributed by atoms with Gasteiger partial charge < -0.3 is 19.7 Å². The van der Waals surface area contributed by atoms with E-state index < -0.39 is 0 Å². The Morgan fingerprint density at radius 2 is 1.24 bits per heavy atom. The standard InChI is InChI=1S/C37H65NO4/c1-5-6-7-8-9-10-11-12-13-14-15-16-17-21-35-30-36(41-28-22-34(4)20-18-19-33(2)3)32-37(31-35)42-29-25-38(23-26-39)24-27-40/h19,22,30-32,39-40H,5-18,20-21,23-29H2,1-4H3/b34-22+. The highest BCUT2D eigenvalue weighted by Crippen LogP contribution is 2.25. The Bertz CT molecular complexity index is 825. The number of unbranched alkanes of at least 4 members (excludes halogenated alkanes) is 12. The molecule has 0 atom stereocenters. The summed E-state index contributed by atoms with van der Waals surface area (Å²) >= 11 is 0. The van der Waals surface area contributed by atoms with Gasteiger partial charge in [0.1, 0.15) is 24.7 Å². The van der Waals surface area contributed by atoms with Gasteiger partial charge in [0, 0.05) is 25.7 Å². The molecule has 0 saturated heterocycles. The molecule has 1 aromatic rings. The Labute approximate surface area is 259 Å². The Balaban J connectivity index is 2.53. The fourth-order valence-electron chi connectivity index (χ4n) is 5.17. The van der Waals surface area contributed by atoms with E-state index in [0.29, 0.717) is 32.8 Å². The van der Waals surface area contributed by atoms with Crippen molar-refractivity contribution in [3.05, 3.63) is 47.1 Å². The zero-order valence-corrected chi connectivity index (χ0v) is 27.8. The molecule has 0 fully saturated rings. The maximum absolute atomic E-state index is 9.28. The lowest BCUT2D eigenvalue weighted by Crippen LogP contribution is -2.33. The molecule has 2 N–H and O–H groups in total. The third-order valence-corrected chi connectivity index (χ3v) is 7.79. The average molecular weight is 588 g/mol. The first kappa shape index (κ1) is 38.2. The molecule has 0 spiro atoms. The van der Waals surface area contributed by atoms with Gasteiger partial charge in [0.15, 0.2) is 0 Å². The van der Waals surface area contributed by atoms with Gasteiger partial charge in [0.05, 0.1) is 13.2 Å². The molecular weight excluding hydrogens is 522 g/mol. The maximum Gasteiger partial charge on any atom is 0.123 e. The van der Waals surface area contributed by atoms with Gasteiger partial charge in [-0.05, 0) is 70.2 Å². The molecule has 5 nitrogen and oxygen atoms in total. The minimum atomic E-state index is 0.0773. The van der Waals surface area contributed by atoms with Crippen LogP contribution in [0.5, 0.6) is 11.5 Å². The van der Waals surface area contributed by atoms with Crippen molar-refractivity contribution in [1.82, 2.24) is 4.90 Å². The molecule has 0 radical (unpaired) electrons. The molecule has 0 aliphatic rings. The van der Waals surface area contributed by atoms with Crippen LogP contribution in [0.2, 0.25) is 0 Å². The van der Waals surface area contributed by atoms with Crippen LogP contribution < -0.4 is 9.47 Å². The van der Waals surface area contributed by atoms with E-state index in [1.807, 2.05) is 11.0 Å². The molecule has 0 aromatic heterocycles. The first-order chi connectivity index (χ1) is 20.5. The van der Waals surface area contributed by atoms with Crippen LogP contribution in [0, 0.1) is 0 Å². The lowest BCUT2D eigenvalue weighted by Gasteiger charge is -2.20. The second kappa shape index (κ2) is 26.8. The van der Waals surface area contributed by atoms with Crippen molar-refractivity contribution in [1.29, 1.82) is 0 Å². The number of aliphatic hydroxyl groups is 2. The van der Waals surface area contributed by atoms with Crippen molar-refractivity contribution in [2.24, 2.45) is 0 Å². The third-order valence-electron chi connectivity index (χ3n) is 7.79. The highest BCUT2D eigenvalue weighted by molar-refractivity contribution is 5.38. The van der Waals surface area contributed by atoms with Gasteiger partial charge in [-0.1, -0.05) is 101 Å². The number of aliphatic hydroxyl groups excluding tert-OH is 2. The normalized spacial score (nSPS) is 11.7. The number of hydrogen-bond donors (Lipinski definition) is 2. The third kappa shape index (κ3) is 21.8. The summed E-state index contributed by atoms with van der Waals surface area (Å²) in [5.74, 6) is 1.68. The first-order valence-electron chi connectivity index (χ1n) is 17.1. The largest absolute Gasteiger partial charge is 0.492 e. The summed E-state index contributed by atoms with van der Waals surface area (Å²) in [6.07, 6.45) is 25.3. The summed E-state index contributed by atoms with van der Waals surface area (Å²) in [6.45, 7) is 11.7. The van der Waals surface area contributed by atoms with Crippen LogP contribution >= 0.6 is 0 Å².